The average Bonchev–Trinajstić information content (AvgIpc) is 3.32. The molecule has 2 heterocycles. The number of aryl methyl sites for hydroxylation is 1. The summed E-state index contributed by atoms with van der Waals surface area (Å²) in [4.78, 5) is 11.3. The van der Waals surface area contributed by atoms with E-state index in [9.17, 15) is 0 Å². The number of hydrogen-bond acceptors (Lipinski definition) is 5. The van der Waals surface area contributed by atoms with Gasteiger partial charge in [-0.3, -0.25) is 4.99 Å². The molecule has 0 aliphatic rings. The minimum Gasteiger partial charge on any atom is -0.352 e. The van der Waals surface area contributed by atoms with Crippen LogP contribution in [-0.2, 0) is 19.5 Å². The first-order valence-electron chi connectivity index (χ1n) is 8.28. The second kappa shape index (κ2) is 10.6. The number of nitrogens with zero attached hydrogens (tertiary/aromatic N) is 3. The van der Waals surface area contributed by atoms with E-state index in [0.29, 0.717) is 29.2 Å². The Morgan fingerprint density at radius 1 is 1.11 bits per heavy atom. The quantitative estimate of drug-likeness (QED) is 0.286. The number of aromatic nitrogens is 2. The van der Waals surface area contributed by atoms with Gasteiger partial charge in [-0.1, -0.05) is 23.7 Å². The van der Waals surface area contributed by atoms with Gasteiger partial charge in [-0.15, -0.1) is 35.3 Å². The van der Waals surface area contributed by atoms with Gasteiger partial charge in [0.1, 0.15) is 0 Å². The van der Waals surface area contributed by atoms with Crippen molar-refractivity contribution in [3.8, 4) is 11.4 Å². The normalized spacial score (nSPS) is 11.1. The number of nitrogens with one attached hydrogen (secondary N) is 2. The molecule has 2 aromatic heterocycles. The molecule has 6 nitrogen and oxygen atoms in total. The lowest BCUT2D eigenvalue weighted by Gasteiger charge is -2.09. The van der Waals surface area contributed by atoms with E-state index < -0.39 is 0 Å². The van der Waals surface area contributed by atoms with Crippen LogP contribution in [0, 0.1) is 0 Å². The first-order valence-corrected chi connectivity index (χ1v) is 9.48. The van der Waals surface area contributed by atoms with Gasteiger partial charge in [-0.25, -0.2) is 0 Å². The first-order chi connectivity index (χ1) is 12.7. The van der Waals surface area contributed by atoms with E-state index in [1.807, 2.05) is 12.1 Å². The summed E-state index contributed by atoms with van der Waals surface area (Å²) < 4.78 is 5.29. The van der Waals surface area contributed by atoms with E-state index in [-0.39, 0.29) is 24.0 Å². The number of hydrogen-bond donors (Lipinski definition) is 2. The highest BCUT2D eigenvalue weighted by molar-refractivity contribution is 14.0. The van der Waals surface area contributed by atoms with Crippen molar-refractivity contribution >= 4 is 52.9 Å². The van der Waals surface area contributed by atoms with Gasteiger partial charge in [0, 0.05) is 27.4 Å². The molecule has 0 aliphatic carbocycles. The van der Waals surface area contributed by atoms with Gasteiger partial charge in [0.2, 0.25) is 11.7 Å². The molecule has 0 radical (unpaired) electrons. The van der Waals surface area contributed by atoms with Crippen molar-refractivity contribution < 1.29 is 4.52 Å². The Labute approximate surface area is 184 Å². The summed E-state index contributed by atoms with van der Waals surface area (Å²) in [5.74, 6) is 1.71. The van der Waals surface area contributed by atoms with Crippen molar-refractivity contribution in [2.45, 2.75) is 26.4 Å². The molecule has 3 aromatic rings. The second-order valence-corrected chi connectivity index (χ2v) is 7.21. The molecule has 0 saturated heterocycles. The van der Waals surface area contributed by atoms with Crippen LogP contribution in [0.2, 0.25) is 5.02 Å². The van der Waals surface area contributed by atoms with Gasteiger partial charge in [-0.2, -0.15) is 4.98 Å². The summed E-state index contributed by atoms with van der Waals surface area (Å²) >= 11 is 7.70. The third kappa shape index (κ3) is 6.18. The fourth-order valence-electron chi connectivity index (χ4n) is 2.30. The molecule has 0 amide bonds. The summed E-state index contributed by atoms with van der Waals surface area (Å²) in [6, 6.07) is 11.6. The van der Waals surface area contributed by atoms with Gasteiger partial charge >= 0.3 is 0 Å². The Morgan fingerprint density at radius 2 is 1.81 bits per heavy atom. The average molecular weight is 518 g/mol. The maximum atomic E-state index is 5.89. The predicted octanol–water partition coefficient (Wildman–Crippen LogP) is 4.50. The maximum Gasteiger partial charge on any atom is 0.246 e. The van der Waals surface area contributed by atoms with Crippen LogP contribution in [0.4, 0.5) is 0 Å². The third-order valence-electron chi connectivity index (χ3n) is 3.70. The maximum absolute atomic E-state index is 5.89. The van der Waals surface area contributed by atoms with Crippen LogP contribution in [0.15, 0.2) is 45.9 Å². The Morgan fingerprint density at radius 3 is 2.48 bits per heavy atom. The SMILES string of the molecule is CCc1ccc(CNC(=NC)NCc2nc(-c3ccc(Cl)cc3)no2)s1.I. The number of rotatable bonds is 6. The highest BCUT2D eigenvalue weighted by atomic mass is 127. The van der Waals surface area contributed by atoms with Crippen LogP contribution < -0.4 is 10.6 Å². The van der Waals surface area contributed by atoms with Gasteiger partial charge in [-0.05, 0) is 42.8 Å². The largest absolute Gasteiger partial charge is 0.352 e. The van der Waals surface area contributed by atoms with Crippen molar-refractivity contribution in [3.05, 3.63) is 57.1 Å². The molecule has 0 bridgehead atoms. The number of guanidine groups is 1. The lowest BCUT2D eigenvalue weighted by Crippen LogP contribution is -2.36. The first kappa shape index (κ1) is 21.6. The Balaban J connectivity index is 0.00000261. The highest BCUT2D eigenvalue weighted by Crippen LogP contribution is 2.18. The van der Waals surface area contributed by atoms with E-state index in [2.05, 4.69) is 44.8 Å². The molecule has 3 rings (SSSR count). The monoisotopic (exact) mass is 517 g/mol. The van der Waals surface area contributed by atoms with Gasteiger partial charge < -0.3 is 15.2 Å². The van der Waals surface area contributed by atoms with Crippen molar-refractivity contribution in [1.29, 1.82) is 0 Å². The summed E-state index contributed by atoms with van der Waals surface area (Å²) in [5.41, 5.74) is 0.858. The van der Waals surface area contributed by atoms with Crippen molar-refractivity contribution in [1.82, 2.24) is 20.8 Å². The van der Waals surface area contributed by atoms with Crippen LogP contribution in [0.25, 0.3) is 11.4 Å². The standard InChI is InChI=1S/C18H20ClN5OS.HI/c1-3-14-8-9-15(26-14)10-21-18(20-2)22-11-16-23-17(24-25-16)12-4-6-13(19)7-5-12;/h4-9H,3,10-11H2,1-2H3,(H2,20,21,22);1H. The molecule has 9 heteroatoms. The fraction of sp³-hybridized carbons (Fsp3) is 0.278. The molecule has 0 unspecified atom stereocenters. The van der Waals surface area contributed by atoms with Gasteiger partial charge in [0.15, 0.2) is 5.96 Å². The second-order valence-electron chi connectivity index (χ2n) is 5.52. The summed E-state index contributed by atoms with van der Waals surface area (Å²) in [5, 5.41) is 11.1. The van der Waals surface area contributed by atoms with Crippen LogP contribution in [0.3, 0.4) is 0 Å². The van der Waals surface area contributed by atoms with E-state index >= 15 is 0 Å². The zero-order valence-corrected chi connectivity index (χ0v) is 18.9. The molecule has 0 spiro atoms. The van der Waals surface area contributed by atoms with Crippen molar-refractivity contribution in [2.24, 2.45) is 4.99 Å². The van der Waals surface area contributed by atoms with Crippen molar-refractivity contribution in [3.63, 3.8) is 0 Å². The Bertz CT molecular complexity index is 878. The summed E-state index contributed by atoms with van der Waals surface area (Å²) in [6.45, 7) is 3.28. The fourth-order valence-corrected chi connectivity index (χ4v) is 3.32. The lowest BCUT2D eigenvalue weighted by molar-refractivity contribution is 0.375. The molecule has 0 aliphatic heterocycles. The smallest absolute Gasteiger partial charge is 0.246 e. The molecular formula is C18H21ClIN5OS. The van der Waals surface area contributed by atoms with E-state index in [0.717, 1.165) is 18.5 Å². The molecule has 2 N–H and O–H groups in total. The zero-order chi connectivity index (χ0) is 18.4. The molecule has 1 aromatic carbocycles. The topological polar surface area (TPSA) is 75.3 Å². The zero-order valence-electron chi connectivity index (χ0n) is 15.0. The molecule has 27 heavy (non-hydrogen) atoms. The summed E-state index contributed by atoms with van der Waals surface area (Å²) in [7, 11) is 1.73. The van der Waals surface area contributed by atoms with Gasteiger partial charge in [0.05, 0.1) is 13.1 Å². The number of thiophene rings is 1. The summed E-state index contributed by atoms with van der Waals surface area (Å²) in [6.07, 6.45) is 1.06. The van der Waals surface area contributed by atoms with E-state index in [1.165, 1.54) is 9.75 Å². The highest BCUT2D eigenvalue weighted by Gasteiger charge is 2.09. The molecular weight excluding hydrogens is 497 g/mol. The predicted molar refractivity (Wildman–Crippen MR) is 121 cm³/mol. The minimum absolute atomic E-state index is 0. The number of halogens is 2. The molecule has 0 fully saturated rings. The Hall–Kier alpha value is -1.65. The third-order valence-corrected chi connectivity index (χ3v) is 5.18. The Kier molecular flexibility index (Phi) is 8.52. The van der Waals surface area contributed by atoms with E-state index in [1.54, 1.807) is 30.5 Å². The lowest BCUT2D eigenvalue weighted by atomic mass is 10.2. The molecule has 0 atom stereocenters. The van der Waals surface area contributed by atoms with Gasteiger partial charge in [0.25, 0.3) is 0 Å². The minimum atomic E-state index is 0. The molecule has 0 saturated carbocycles. The van der Waals surface area contributed by atoms with Crippen LogP contribution in [0.5, 0.6) is 0 Å². The van der Waals surface area contributed by atoms with Crippen LogP contribution >= 0.6 is 46.9 Å². The van der Waals surface area contributed by atoms with Crippen LogP contribution in [0.1, 0.15) is 22.6 Å². The van der Waals surface area contributed by atoms with Crippen LogP contribution in [-0.4, -0.2) is 23.1 Å². The van der Waals surface area contributed by atoms with E-state index in [4.69, 9.17) is 16.1 Å². The van der Waals surface area contributed by atoms with Crippen molar-refractivity contribution in [2.75, 3.05) is 7.05 Å². The number of benzene rings is 1. The number of aliphatic imine (C=N–C) groups is 1. The molecule has 144 valence electrons.